The van der Waals surface area contributed by atoms with Crippen LogP contribution in [0.3, 0.4) is 0 Å². The van der Waals surface area contributed by atoms with Gasteiger partial charge in [0.05, 0.1) is 16.3 Å². The number of rotatable bonds is 5. The van der Waals surface area contributed by atoms with E-state index in [1.165, 1.54) is 0 Å². The van der Waals surface area contributed by atoms with Crippen LogP contribution in [0, 0.1) is 11.3 Å². The van der Waals surface area contributed by atoms with Crippen molar-refractivity contribution in [1.82, 2.24) is 0 Å². The number of halogens is 1. The first-order chi connectivity index (χ1) is 8.10. The summed E-state index contributed by atoms with van der Waals surface area (Å²) in [4.78, 5) is 12.4. The second-order valence-corrected chi connectivity index (χ2v) is 3.97. The summed E-state index contributed by atoms with van der Waals surface area (Å²) in [5.74, 6) is -0.928. The Hall–Kier alpha value is -1.73. The molecule has 0 saturated heterocycles. The third-order valence-corrected chi connectivity index (χ3v) is 2.58. The standard InChI is InChI=1S/C12H13ClN2O2/c1-2-6-15(8-12(16)17)11-5-3-4-10(13)9(11)7-14/h3-5H,2,6,8H2,1H3,(H,16,17). The molecular weight excluding hydrogens is 240 g/mol. The Bertz CT molecular complexity index is 454. The highest BCUT2D eigenvalue weighted by Crippen LogP contribution is 2.26. The van der Waals surface area contributed by atoms with E-state index in [0.29, 0.717) is 22.8 Å². The quantitative estimate of drug-likeness (QED) is 0.875. The van der Waals surface area contributed by atoms with Crippen LogP contribution < -0.4 is 4.90 Å². The zero-order valence-electron chi connectivity index (χ0n) is 9.48. The number of carboxylic acids is 1. The van der Waals surface area contributed by atoms with Gasteiger partial charge in [0.15, 0.2) is 0 Å². The van der Waals surface area contributed by atoms with Gasteiger partial charge >= 0.3 is 5.97 Å². The maximum atomic E-state index is 10.8. The van der Waals surface area contributed by atoms with Gasteiger partial charge < -0.3 is 10.0 Å². The van der Waals surface area contributed by atoms with Gasteiger partial charge in [-0.15, -0.1) is 0 Å². The second-order valence-electron chi connectivity index (χ2n) is 3.56. The number of hydrogen-bond acceptors (Lipinski definition) is 3. The lowest BCUT2D eigenvalue weighted by atomic mass is 10.1. The van der Waals surface area contributed by atoms with Crippen LogP contribution >= 0.6 is 11.6 Å². The van der Waals surface area contributed by atoms with Crippen molar-refractivity contribution in [2.45, 2.75) is 13.3 Å². The summed E-state index contributed by atoms with van der Waals surface area (Å²) < 4.78 is 0. The van der Waals surface area contributed by atoms with Gasteiger partial charge in [0.2, 0.25) is 0 Å². The molecule has 5 heteroatoms. The van der Waals surface area contributed by atoms with Gasteiger partial charge in [-0.3, -0.25) is 4.79 Å². The molecule has 1 aromatic rings. The summed E-state index contributed by atoms with van der Waals surface area (Å²) in [5.41, 5.74) is 0.896. The minimum absolute atomic E-state index is 0.136. The van der Waals surface area contributed by atoms with Crippen molar-refractivity contribution in [2.75, 3.05) is 18.0 Å². The van der Waals surface area contributed by atoms with Crippen molar-refractivity contribution in [3.05, 3.63) is 28.8 Å². The normalized spacial score (nSPS) is 9.71. The molecule has 0 radical (unpaired) electrons. The van der Waals surface area contributed by atoms with E-state index in [0.717, 1.165) is 6.42 Å². The molecule has 0 fully saturated rings. The van der Waals surface area contributed by atoms with Gasteiger partial charge in [-0.1, -0.05) is 24.6 Å². The molecule has 90 valence electrons. The van der Waals surface area contributed by atoms with Gasteiger partial charge in [0, 0.05) is 6.54 Å². The highest BCUT2D eigenvalue weighted by molar-refractivity contribution is 6.32. The van der Waals surface area contributed by atoms with Crippen LogP contribution in [0.5, 0.6) is 0 Å². The molecule has 0 heterocycles. The molecule has 0 spiro atoms. The minimum Gasteiger partial charge on any atom is -0.480 e. The van der Waals surface area contributed by atoms with E-state index in [1.807, 2.05) is 13.0 Å². The van der Waals surface area contributed by atoms with E-state index in [9.17, 15) is 4.79 Å². The summed E-state index contributed by atoms with van der Waals surface area (Å²) >= 11 is 5.91. The molecule has 0 aliphatic carbocycles. The van der Waals surface area contributed by atoms with E-state index < -0.39 is 5.97 Å². The van der Waals surface area contributed by atoms with E-state index in [4.69, 9.17) is 22.0 Å². The van der Waals surface area contributed by atoms with Crippen molar-refractivity contribution in [3.8, 4) is 6.07 Å². The number of carboxylic acid groups (broad SMARTS) is 1. The van der Waals surface area contributed by atoms with Gasteiger partial charge in [0.25, 0.3) is 0 Å². The number of benzene rings is 1. The number of nitriles is 1. The molecular formula is C12H13ClN2O2. The Morgan fingerprint density at radius 2 is 2.29 bits per heavy atom. The van der Waals surface area contributed by atoms with Crippen molar-refractivity contribution in [2.24, 2.45) is 0 Å². The lowest BCUT2D eigenvalue weighted by Crippen LogP contribution is -2.31. The van der Waals surface area contributed by atoms with Crippen molar-refractivity contribution >= 4 is 23.3 Å². The lowest BCUT2D eigenvalue weighted by Gasteiger charge is -2.23. The van der Waals surface area contributed by atoms with Crippen molar-refractivity contribution in [3.63, 3.8) is 0 Å². The summed E-state index contributed by atoms with van der Waals surface area (Å²) in [6.07, 6.45) is 0.796. The average molecular weight is 253 g/mol. The molecule has 0 aromatic heterocycles. The monoisotopic (exact) mass is 252 g/mol. The van der Waals surface area contributed by atoms with Crippen molar-refractivity contribution < 1.29 is 9.90 Å². The molecule has 0 bridgehead atoms. The molecule has 1 aromatic carbocycles. The summed E-state index contributed by atoms with van der Waals surface area (Å²) in [5, 5.41) is 18.2. The maximum Gasteiger partial charge on any atom is 0.323 e. The zero-order chi connectivity index (χ0) is 12.8. The molecule has 1 N–H and O–H groups in total. The number of carbonyl (C=O) groups is 1. The Kier molecular flexibility index (Phi) is 4.80. The van der Waals surface area contributed by atoms with Crippen LogP contribution in [0.2, 0.25) is 5.02 Å². The van der Waals surface area contributed by atoms with E-state index >= 15 is 0 Å². The third-order valence-electron chi connectivity index (χ3n) is 2.26. The summed E-state index contributed by atoms with van der Waals surface area (Å²) in [7, 11) is 0. The van der Waals surface area contributed by atoms with Crippen LogP contribution in [-0.2, 0) is 4.79 Å². The average Bonchev–Trinajstić information content (AvgIpc) is 2.27. The molecule has 0 atom stereocenters. The maximum absolute atomic E-state index is 10.8. The molecule has 4 nitrogen and oxygen atoms in total. The van der Waals surface area contributed by atoms with E-state index in [-0.39, 0.29) is 6.54 Å². The van der Waals surface area contributed by atoms with Gasteiger partial charge in [-0.25, -0.2) is 0 Å². The highest BCUT2D eigenvalue weighted by atomic mass is 35.5. The fourth-order valence-corrected chi connectivity index (χ4v) is 1.82. The first-order valence-corrected chi connectivity index (χ1v) is 5.63. The van der Waals surface area contributed by atoms with E-state index in [2.05, 4.69) is 0 Å². The molecule has 1 rings (SSSR count). The fraction of sp³-hybridized carbons (Fsp3) is 0.333. The van der Waals surface area contributed by atoms with Crippen molar-refractivity contribution in [1.29, 1.82) is 5.26 Å². The molecule has 0 unspecified atom stereocenters. The van der Waals surface area contributed by atoms with Gasteiger partial charge in [-0.2, -0.15) is 5.26 Å². The third kappa shape index (κ3) is 3.36. The van der Waals surface area contributed by atoms with Gasteiger partial charge in [-0.05, 0) is 18.6 Å². The van der Waals surface area contributed by atoms with E-state index in [1.54, 1.807) is 23.1 Å². The number of anilines is 1. The summed E-state index contributed by atoms with van der Waals surface area (Å²) in [6, 6.07) is 7.05. The largest absolute Gasteiger partial charge is 0.480 e. The zero-order valence-corrected chi connectivity index (χ0v) is 10.2. The highest BCUT2D eigenvalue weighted by Gasteiger charge is 2.15. The number of hydrogen-bond donors (Lipinski definition) is 1. The number of aliphatic carboxylic acids is 1. The molecule has 0 amide bonds. The molecule has 0 aliphatic heterocycles. The fourth-order valence-electron chi connectivity index (χ4n) is 1.60. The Balaban J connectivity index is 3.14. The molecule has 17 heavy (non-hydrogen) atoms. The molecule has 0 aliphatic rings. The lowest BCUT2D eigenvalue weighted by molar-refractivity contribution is -0.135. The SMILES string of the molecule is CCCN(CC(=O)O)c1cccc(Cl)c1C#N. The summed E-state index contributed by atoms with van der Waals surface area (Å²) in [6.45, 7) is 2.38. The minimum atomic E-state index is -0.928. The predicted molar refractivity (Wildman–Crippen MR) is 66.3 cm³/mol. The smallest absolute Gasteiger partial charge is 0.323 e. The topological polar surface area (TPSA) is 64.3 Å². The van der Waals surface area contributed by atoms with Crippen LogP contribution in [0.4, 0.5) is 5.69 Å². The Labute approximate surface area is 105 Å². The predicted octanol–water partition coefficient (Wildman–Crippen LogP) is 2.51. The number of nitrogens with zero attached hydrogens (tertiary/aromatic N) is 2. The Morgan fingerprint density at radius 3 is 2.82 bits per heavy atom. The first-order valence-electron chi connectivity index (χ1n) is 5.25. The van der Waals surface area contributed by atoms with Crippen LogP contribution in [0.1, 0.15) is 18.9 Å². The second kappa shape index (κ2) is 6.12. The van der Waals surface area contributed by atoms with Crippen LogP contribution in [0.15, 0.2) is 18.2 Å². The van der Waals surface area contributed by atoms with Crippen LogP contribution in [0.25, 0.3) is 0 Å². The molecule has 0 saturated carbocycles. The van der Waals surface area contributed by atoms with Crippen LogP contribution in [-0.4, -0.2) is 24.2 Å². The Morgan fingerprint density at radius 1 is 1.59 bits per heavy atom. The van der Waals surface area contributed by atoms with Gasteiger partial charge in [0.1, 0.15) is 12.6 Å². The first kappa shape index (κ1) is 13.3.